The number of nitrogens with zero attached hydrogens (tertiary/aromatic N) is 2. The van der Waals surface area contributed by atoms with Crippen molar-refractivity contribution in [2.24, 2.45) is 0 Å². The zero-order valence-corrected chi connectivity index (χ0v) is 9.71. The number of nitrogens with two attached hydrogens (primary N) is 1. The number of thioether (sulfide) groups is 1. The number of aromatic nitrogens is 1. The number of hydrogen-bond donors (Lipinski definition) is 1. The van der Waals surface area contributed by atoms with Crippen LogP contribution in [0, 0.1) is 0 Å². The second-order valence-corrected chi connectivity index (χ2v) is 4.26. The van der Waals surface area contributed by atoms with Crippen LogP contribution in [0.1, 0.15) is 6.92 Å². The normalized spacial score (nSPS) is 12.5. The highest BCUT2D eigenvalue weighted by atomic mass is 32.2. The molecule has 0 radical (unpaired) electrons. The Balaban J connectivity index is 2.73. The topological polar surface area (TPSA) is 42.2 Å². The minimum absolute atomic E-state index is 0.506. The maximum absolute atomic E-state index is 5.63. The summed E-state index contributed by atoms with van der Waals surface area (Å²) in [4.78, 5) is 6.19. The molecular weight excluding hydrogens is 194 g/mol. The molecule has 4 heteroatoms. The van der Waals surface area contributed by atoms with Gasteiger partial charge in [0.25, 0.3) is 0 Å². The van der Waals surface area contributed by atoms with Gasteiger partial charge in [-0.25, -0.2) is 4.98 Å². The van der Waals surface area contributed by atoms with Gasteiger partial charge in [0.2, 0.25) is 0 Å². The summed E-state index contributed by atoms with van der Waals surface area (Å²) in [6, 6.07) is 4.39. The van der Waals surface area contributed by atoms with Crippen LogP contribution in [-0.4, -0.2) is 30.1 Å². The molecule has 1 atom stereocenters. The number of hydrogen-bond acceptors (Lipinski definition) is 4. The van der Waals surface area contributed by atoms with Crippen LogP contribution in [-0.2, 0) is 0 Å². The van der Waals surface area contributed by atoms with E-state index in [1.54, 1.807) is 6.20 Å². The average Bonchev–Trinajstić information content (AvgIpc) is 2.17. The van der Waals surface area contributed by atoms with Gasteiger partial charge in [0.1, 0.15) is 5.82 Å². The van der Waals surface area contributed by atoms with E-state index in [9.17, 15) is 0 Å². The standard InChI is InChI=1S/C10H17N3S/c1-8(7-14-3)13(2)9-4-5-12-10(11)6-9/h4-6,8H,7H2,1-3H3,(H2,11,12). The van der Waals surface area contributed by atoms with Gasteiger partial charge in [0, 0.05) is 36.8 Å². The lowest BCUT2D eigenvalue weighted by atomic mass is 10.3. The monoisotopic (exact) mass is 211 g/mol. The van der Waals surface area contributed by atoms with E-state index in [2.05, 4.69) is 30.1 Å². The van der Waals surface area contributed by atoms with E-state index in [1.165, 1.54) is 0 Å². The number of rotatable bonds is 4. The second-order valence-electron chi connectivity index (χ2n) is 3.35. The fraction of sp³-hybridized carbons (Fsp3) is 0.500. The average molecular weight is 211 g/mol. The van der Waals surface area contributed by atoms with Gasteiger partial charge in [0.15, 0.2) is 0 Å². The maximum Gasteiger partial charge on any atom is 0.125 e. The molecule has 3 nitrogen and oxygen atoms in total. The zero-order valence-electron chi connectivity index (χ0n) is 8.90. The Hall–Kier alpha value is -0.900. The molecule has 0 spiro atoms. The second kappa shape index (κ2) is 5.10. The molecule has 0 aliphatic carbocycles. The Morgan fingerprint density at radius 3 is 2.93 bits per heavy atom. The van der Waals surface area contributed by atoms with E-state index < -0.39 is 0 Å². The van der Waals surface area contributed by atoms with Crippen LogP contribution in [0.5, 0.6) is 0 Å². The van der Waals surface area contributed by atoms with Gasteiger partial charge >= 0.3 is 0 Å². The van der Waals surface area contributed by atoms with Crippen molar-refractivity contribution in [1.82, 2.24) is 4.98 Å². The van der Waals surface area contributed by atoms with Crippen molar-refractivity contribution in [2.45, 2.75) is 13.0 Å². The van der Waals surface area contributed by atoms with Gasteiger partial charge in [-0.2, -0.15) is 11.8 Å². The minimum atomic E-state index is 0.506. The van der Waals surface area contributed by atoms with Crippen molar-refractivity contribution in [3.63, 3.8) is 0 Å². The van der Waals surface area contributed by atoms with Crippen LogP contribution in [0.3, 0.4) is 0 Å². The van der Waals surface area contributed by atoms with Crippen LogP contribution >= 0.6 is 11.8 Å². The minimum Gasteiger partial charge on any atom is -0.384 e. The molecule has 0 saturated heterocycles. The summed E-state index contributed by atoms with van der Waals surface area (Å²) < 4.78 is 0. The first kappa shape index (κ1) is 11.2. The number of nitrogen functional groups attached to an aromatic ring is 1. The molecule has 2 N–H and O–H groups in total. The first-order valence-corrected chi connectivity index (χ1v) is 5.98. The van der Waals surface area contributed by atoms with Crippen LogP contribution < -0.4 is 10.6 Å². The molecular formula is C10H17N3S. The van der Waals surface area contributed by atoms with Crippen LogP contribution in [0.4, 0.5) is 11.5 Å². The van der Waals surface area contributed by atoms with Gasteiger partial charge in [0.05, 0.1) is 0 Å². The van der Waals surface area contributed by atoms with E-state index in [1.807, 2.05) is 23.9 Å². The van der Waals surface area contributed by atoms with E-state index in [-0.39, 0.29) is 0 Å². The van der Waals surface area contributed by atoms with Crippen molar-refractivity contribution in [3.05, 3.63) is 18.3 Å². The molecule has 1 aromatic rings. The molecule has 1 rings (SSSR count). The largest absolute Gasteiger partial charge is 0.384 e. The maximum atomic E-state index is 5.63. The van der Waals surface area contributed by atoms with Crippen LogP contribution in [0.15, 0.2) is 18.3 Å². The van der Waals surface area contributed by atoms with Gasteiger partial charge < -0.3 is 10.6 Å². The first-order valence-electron chi connectivity index (χ1n) is 4.58. The van der Waals surface area contributed by atoms with Crippen molar-refractivity contribution in [3.8, 4) is 0 Å². The van der Waals surface area contributed by atoms with Gasteiger partial charge in [-0.3, -0.25) is 0 Å². The van der Waals surface area contributed by atoms with E-state index in [0.717, 1.165) is 11.4 Å². The van der Waals surface area contributed by atoms with E-state index in [0.29, 0.717) is 11.9 Å². The van der Waals surface area contributed by atoms with Crippen molar-refractivity contribution >= 4 is 23.3 Å². The Labute approximate surface area is 89.7 Å². The molecule has 0 bridgehead atoms. The predicted molar refractivity (Wildman–Crippen MR) is 64.9 cm³/mol. The Morgan fingerprint density at radius 2 is 2.36 bits per heavy atom. The Bertz CT molecular complexity index is 290. The molecule has 0 aliphatic rings. The SMILES string of the molecule is CSCC(C)N(C)c1ccnc(N)c1. The molecule has 0 amide bonds. The van der Waals surface area contributed by atoms with Gasteiger partial charge in [-0.05, 0) is 19.2 Å². The Kier molecular flexibility index (Phi) is 4.07. The fourth-order valence-corrected chi connectivity index (χ4v) is 1.97. The molecule has 0 fully saturated rings. The smallest absolute Gasteiger partial charge is 0.125 e. The molecule has 1 heterocycles. The lowest BCUT2D eigenvalue weighted by Crippen LogP contribution is -2.30. The van der Waals surface area contributed by atoms with Crippen LogP contribution in [0.2, 0.25) is 0 Å². The van der Waals surface area contributed by atoms with Crippen molar-refractivity contribution in [1.29, 1.82) is 0 Å². The fourth-order valence-electron chi connectivity index (χ4n) is 1.26. The quantitative estimate of drug-likeness (QED) is 0.825. The third-order valence-corrected chi connectivity index (χ3v) is 3.06. The van der Waals surface area contributed by atoms with Gasteiger partial charge in [-0.1, -0.05) is 0 Å². The van der Waals surface area contributed by atoms with E-state index >= 15 is 0 Å². The van der Waals surface area contributed by atoms with Crippen LogP contribution in [0.25, 0.3) is 0 Å². The van der Waals surface area contributed by atoms with Crippen molar-refractivity contribution in [2.75, 3.05) is 29.7 Å². The van der Waals surface area contributed by atoms with Crippen molar-refractivity contribution < 1.29 is 0 Å². The predicted octanol–water partition coefficient (Wildman–Crippen LogP) is 1.85. The third-order valence-electron chi connectivity index (χ3n) is 2.24. The van der Waals surface area contributed by atoms with E-state index in [4.69, 9.17) is 5.73 Å². The Morgan fingerprint density at radius 1 is 1.64 bits per heavy atom. The highest BCUT2D eigenvalue weighted by molar-refractivity contribution is 7.98. The van der Waals surface area contributed by atoms with Gasteiger partial charge in [-0.15, -0.1) is 0 Å². The lowest BCUT2D eigenvalue weighted by molar-refractivity contribution is 0.765. The molecule has 1 aromatic heterocycles. The number of anilines is 2. The summed E-state index contributed by atoms with van der Waals surface area (Å²) in [5, 5.41) is 0. The molecule has 0 aliphatic heterocycles. The first-order chi connectivity index (χ1) is 6.65. The number of pyridine rings is 1. The highest BCUT2D eigenvalue weighted by Gasteiger charge is 2.09. The third kappa shape index (κ3) is 2.80. The lowest BCUT2D eigenvalue weighted by Gasteiger charge is -2.26. The highest BCUT2D eigenvalue weighted by Crippen LogP contribution is 2.17. The summed E-state index contributed by atoms with van der Waals surface area (Å²) in [5.74, 6) is 1.68. The summed E-state index contributed by atoms with van der Waals surface area (Å²) in [7, 11) is 2.08. The summed E-state index contributed by atoms with van der Waals surface area (Å²) in [6.45, 7) is 2.20. The zero-order chi connectivity index (χ0) is 10.6. The molecule has 1 unspecified atom stereocenters. The molecule has 14 heavy (non-hydrogen) atoms. The molecule has 0 saturated carbocycles. The summed E-state index contributed by atoms with van der Waals surface area (Å²) in [5.41, 5.74) is 6.75. The summed E-state index contributed by atoms with van der Waals surface area (Å²) in [6.07, 6.45) is 3.86. The molecule has 78 valence electrons. The molecule has 0 aromatic carbocycles. The summed E-state index contributed by atoms with van der Waals surface area (Å²) >= 11 is 1.85.